The molecule has 0 fully saturated rings. The third-order valence-electron chi connectivity index (χ3n) is 4.56. The minimum Gasteiger partial charge on any atom is -0.497 e. The zero-order valence-corrected chi connectivity index (χ0v) is 15.5. The summed E-state index contributed by atoms with van der Waals surface area (Å²) in [5.41, 5.74) is 2.30. The average molecular weight is 355 g/mol. The van der Waals surface area contributed by atoms with Gasteiger partial charge in [0.05, 0.1) is 24.9 Å². The second-order valence-corrected chi connectivity index (χ2v) is 7.13. The topological polar surface area (TPSA) is 75.3 Å². The van der Waals surface area contributed by atoms with Crippen LogP contribution >= 0.6 is 0 Å². The van der Waals surface area contributed by atoms with Gasteiger partial charge in [-0.2, -0.15) is 0 Å². The van der Waals surface area contributed by atoms with Crippen molar-refractivity contribution in [3.63, 3.8) is 0 Å². The first kappa shape index (κ1) is 18.2. The fourth-order valence-corrected chi connectivity index (χ4v) is 3.23. The summed E-state index contributed by atoms with van der Waals surface area (Å²) in [6.07, 6.45) is 1.67. The van der Waals surface area contributed by atoms with Crippen LogP contribution in [0.15, 0.2) is 29.1 Å². The van der Waals surface area contributed by atoms with Gasteiger partial charge in [-0.3, -0.25) is 9.59 Å². The van der Waals surface area contributed by atoms with Crippen LogP contribution in [0.4, 0.5) is 0 Å². The molecular weight excluding hydrogens is 330 g/mol. The lowest BCUT2D eigenvalue weighted by Crippen LogP contribution is -2.40. The van der Waals surface area contributed by atoms with E-state index in [9.17, 15) is 9.59 Å². The summed E-state index contributed by atoms with van der Waals surface area (Å²) in [5.74, 6) is 1.84. The molecule has 1 aliphatic heterocycles. The number of nitrogens with one attached hydrogen (secondary N) is 1. The molecule has 1 aromatic heterocycles. The summed E-state index contributed by atoms with van der Waals surface area (Å²) in [5, 5.41) is 0. The molecule has 0 saturated heterocycles. The first-order valence-corrected chi connectivity index (χ1v) is 8.98. The van der Waals surface area contributed by atoms with Crippen molar-refractivity contribution in [2.45, 2.75) is 39.7 Å². The molecule has 1 aliphatic rings. The van der Waals surface area contributed by atoms with Crippen LogP contribution < -0.4 is 10.3 Å². The van der Waals surface area contributed by atoms with E-state index in [1.807, 2.05) is 38.1 Å². The molecule has 0 bridgehead atoms. The monoisotopic (exact) mass is 355 g/mol. The number of aromatic nitrogens is 2. The highest BCUT2D eigenvalue weighted by Crippen LogP contribution is 2.18. The highest BCUT2D eigenvalue weighted by atomic mass is 16.5. The summed E-state index contributed by atoms with van der Waals surface area (Å²) < 4.78 is 5.24. The number of ether oxygens (including phenoxy) is 1. The Hall–Kier alpha value is -2.63. The second-order valence-electron chi connectivity index (χ2n) is 7.13. The van der Waals surface area contributed by atoms with Gasteiger partial charge in [0.15, 0.2) is 0 Å². The zero-order chi connectivity index (χ0) is 18.7. The number of amides is 1. The van der Waals surface area contributed by atoms with Crippen molar-refractivity contribution < 1.29 is 9.53 Å². The number of benzene rings is 1. The maximum atomic E-state index is 12.5. The van der Waals surface area contributed by atoms with Gasteiger partial charge in [0.25, 0.3) is 5.56 Å². The summed E-state index contributed by atoms with van der Waals surface area (Å²) in [7, 11) is 1.63. The first-order chi connectivity index (χ1) is 12.5. The maximum Gasteiger partial charge on any atom is 0.256 e. The van der Waals surface area contributed by atoms with Gasteiger partial charge in [-0.25, -0.2) is 4.98 Å². The molecule has 0 unspecified atom stereocenters. The van der Waals surface area contributed by atoms with Gasteiger partial charge < -0.3 is 14.6 Å². The maximum absolute atomic E-state index is 12.5. The van der Waals surface area contributed by atoms with Gasteiger partial charge in [0.1, 0.15) is 11.6 Å². The van der Waals surface area contributed by atoms with E-state index in [1.54, 1.807) is 12.0 Å². The standard InChI is InChI=1S/C20H25N3O3/c1-13(2)9-19(24)23-8-7-17-16(12-23)20(25)22-18(21-17)11-14-5-4-6-15(10-14)26-3/h4-6,10,13H,7-9,11-12H2,1-3H3,(H,21,22,25). The molecule has 0 aliphatic carbocycles. The predicted octanol–water partition coefficient (Wildman–Crippen LogP) is 2.30. The molecule has 0 saturated carbocycles. The minimum absolute atomic E-state index is 0.102. The molecule has 26 heavy (non-hydrogen) atoms. The van der Waals surface area contributed by atoms with Gasteiger partial charge in [-0.15, -0.1) is 0 Å². The first-order valence-electron chi connectivity index (χ1n) is 8.98. The van der Waals surface area contributed by atoms with Crippen molar-refractivity contribution in [1.29, 1.82) is 0 Å². The van der Waals surface area contributed by atoms with Crippen LogP contribution in [0.1, 0.15) is 42.9 Å². The van der Waals surface area contributed by atoms with Crippen molar-refractivity contribution in [1.82, 2.24) is 14.9 Å². The third-order valence-corrected chi connectivity index (χ3v) is 4.56. The van der Waals surface area contributed by atoms with E-state index in [1.165, 1.54) is 0 Å². The number of H-pyrrole nitrogens is 1. The summed E-state index contributed by atoms with van der Waals surface area (Å²) in [4.78, 5) is 34.1. The Morgan fingerprint density at radius 1 is 1.38 bits per heavy atom. The third kappa shape index (κ3) is 4.12. The smallest absolute Gasteiger partial charge is 0.256 e. The molecule has 6 nitrogen and oxygen atoms in total. The lowest BCUT2D eigenvalue weighted by atomic mass is 10.0. The van der Waals surface area contributed by atoms with Gasteiger partial charge in [-0.1, -0.05) is 26.0 Å². The number of rotatable bonds is 5. The largest absolute Gasteiger partial charge is 0.497 e. The lowest BCUT2D eigenvalue weighted by Gasteiger charge is -2.28. The van der Waals surface area contributed by atoms with Crippen LogP contribution in [0.5, 0.6) is 5.75 Å². The number of hydrogen-bond acceptors (Lipinski definition) is 4. The number of hydrogen-bond donors (Lipinski definition) is 1. The van der Waals surface area contributed by atoms with Crippen LogP contribution in [0.2, 0.25) is 0 Å². The number of carbonyl (C=O) groups excluding carboxylic acids is 1. The van der Waals surface area contributed by atoms with Crippen molar-refractivity contribution in [2.75, 3.05) is 13.7 Å². The molecular formula is C20H25N3O3. The SMILES string of the molecule is COc1cccc(Cc2nc3c(c(=O)[nH]2)CN(C(=O)CC(C)C)CC3)c1. The number of methoxy groups -OCH3 is 1. The zero-order valence-electron chi connectivity index (χ0n) is 15.5. The van der Waals surface area contributed by atoms with E-state index in [0.717, 1.165) is 17.0 Å². The van der Waals surface area contributed by atoms with E-state index in [4.69, 9.17) is 4.74 Å². The van der Waals surface area contributed by atoms with Gasteiger partial charge in [0.2, 0.25) is 5.91 Å². The number of fused-ring (bicyclic) bond motifs is 1. The van der Waals surface area contributed by atoms with Crippen molar-refractivity contribution in [2.24, 2.45) is 5.92 Å². The highest BCUT2D eigenvalue weighted by Gasteiger charge is 2.24. The molecule has 138 valence electrons. The quantitative estimate of drug-likeness (QED) is 0.893. The van der Waals surface area contributed by atoms with Gasteiger partial charge in [0, 0.05) is 25.8 Å². The number of aromatic amines is 1. The van der Waals surface area contributed by atoms with Gasteiger partial charge in [-0.05, 0) is 23.6 Å². The van der Waals surface area contributed by atoms with Gasteiger partial charge >= 0.3 is 0 Å². The van der Waals surface area contributed by atoms with Crippen molar-refractivity contribution in [3.05, 3.63) is 57.3 Å². The van der Waals surface area contributed by atoms with E-state index < -0.39 is 0 Å². The molecule has 1 amide bonds. The van der Waals surface area contributed by atoms with Crippen LogP contribution in [0.3, 0.4) is 0 Å². The Morgan fingerprint density at radius 2 is 2.19 bits per heavy atom. The predicted molar refractivity (Wildman–Crippen MR) is 99.2 cm³/mol. The lowest BCUT2D eigenvalue weighted by molar-refractivity contribution is -0.132. The van der Waals surface area contributed by atoms with Crippen LogP contribution in [0, 0.1) is 5.92 Å². The van der Waals surface area contributed by atoms with Crippen molar-refractivity contribution >= 4 is 5.91 Å². The van der Waals surface area contributed by atoms with E-state index in [0.29, 0.717) is 49.7 Å². The normalized spacial score (nSPS) is 13.6. The van der Waals surface area contributed by atoms with E-state index in [-0.39, 0.29) is 11.5 Å². The molecule has 0 radical (unpaired) electrons. The Morgan fingerprint density at radius 3 is 2.92 bits per heavy atom. The molecule has 1 N–H and O–H groups in total. The fraction of sp³-hybridized carbons (Fsp3) is 0.450. The fourth-order valence-electron chi connectivity index (χ4n) is 3.23. The summed E-state index contributed by atoms with van der Waals surface area (Å²) >= 11 is 0. The molecule has 0 spiro atoms. The molecule has 3 rings (SSSR count). The molecule has 6 heteroatoms. The molecule has 0 atom stereocenters. The summed E-state index contributed by atoms with van der Waals surface area (Å²) in [6, 6.07) is 7.72. The number of carbonyl (C=O) groups is 1. The summed E-state index contributed by atoms with van der Waals surface area (Å²) in [6.45, 7) is 5.01. The Bertz CT molecular complexity index is 858. The van der Waals surface area contributed by atoms with Crippen LogP contribution in [-0.2, 0) is 24.2 Å². The van der Waals surface area contributed by atoms with E-state index >= 15 is 0 Å². The van der Waals surface area contributed by atoms with E-state index in [2.05, 4.69) is 9.97 Å². The van der Waals surface area contributed by atoms with Crippen molar-refractivity contribution in [3.8, 4) is 5.75 Å². The average Bonchev–Trinajstić information content (AvgIpc) is 2.61. The Labute approximate surface area is 153 Å². The molecule has 2 heterocycles. The molecule has 1 aromatic carbocycles. The highest BCUT2D eigenvalue weighted by molar-refractivity contribution is 5.76. The van der Waals surface area contributed by atoms with Crippen LogP contribution in [-0.4, -0.2) is 34.4 Å². The minimum atomic E-state index is -0.144. The Kier molecular flexibility index (Phi) is 5.40. The second kappa shape index (κ2) is 7.72. The number of nitrogens with zero attached hydrogens (tertiary/aromatic N) is 2. The molecule has 2 aromatic rings. The Balaban J connectivity index is 1.79. The van der Waals surface area contributed by atoms with Crippen LogP contribution in [0.25, 0.3) is 0 Å².